The molecule has 0 spiro atoms. The lowest BCUT2D eigenvalue weighted by molar-refractivity contribution is 0.416. The van der Waals surface area contributed by atoms with Crippen molar-refractivity contribution >= 4 is 5.82 Å². The molecule has 4 nitrogen and oxygen atoms in total. The van der Waals surface area contributed by atoms with Gasteiger partial charge in [-0.3, -0.25) is 0 Å². The minimum atomic E-state index is 0.469. The number of nitrogens with zero attached hydrogens (tertiary/aromatic N) is 2. The van der Waals surface area contributed by atoms with E-state index in [1.54, 1.807) is 13.3 Å². The molecule has 1 aromatic heterocycles. The van der Waals surface area contributed by atoms with Gasteiger partial charge >= 0.3 is 0 Å². The maximum Gasteiger partial charge on any atom is 0.135 e. The second-order valence-electron chi connectivity index (χ2n) is 3.42. The molecule has 0 amide bonds. The lowest BCUT2D eigenvalue weighted by Gasteiger charge is -2.09. The second kappa shape index (κ2) is 4.18. The number of para-hydroxylation sites is 1. The molecule has 0 unspecified atom stereocenters. The maximum absolute atomic E-state index is 5.87. The standard InChI is InChI=1S/C12H13N3O/c1-8-14-7-10(12(13)15-8)9-5-3-4-6-11(9)16-2/h3-7H,1-2H3,(H2,13,14,15). The predicted molar refractivity (Wildman–Crippen MR) is 63.2 cm³/mol. The molecule has 16 heavy (non-hydrogen) atoms. The largest absolute Gasteiger partial charge is 0.496 e. The average molecular weight is 215 g/mol. The summed E-state index contributed by atoms with van der Waals surface area (Å²) >= 11 is 0. The van der Waals surface area contributed by atoms with Crippen molar-refractivity contribution in [2.24, 2.45) is 0 Å². The number of nitrogens with two attached hydrogens (primary N) is 1. The van der Waals surface area contributed by atoms with E-state index in [0.717, 1.165) is 16.9 Å². The number of benzene rings is 1. The number of methoxy groups -OCH3 is 1. The van der Waals surface area contributed by atoms with Crippen molar-refractivity contribution < 1.29 is 4.74 Å². The molecule has 0 aliphatic carbocycles. The molecule has 0 bridgehead atoms. The van der Waals surface area contributed by atoms with Crippen molar-refractivity contribution in [1.82, 2.24) is 9.97 Å². The highest BCUT2D eigenvalue weighted by Crippen LogP contribution is 2.31. The van der Waals surface area contributed by atoms with Gasteiger partial charge in [0.15, 0.2) is 0 Å². The van der Waals surface area contributed by atoms with Crippen LogP contribution in [0.3, 0.4) is 0 Å². The highest BCUT2D eigenvalue weighted by atomic mass is 16.5. The third kappa shape index (κ3) is 1.82. The van der Waals surface area contributed by atoms with E-state index in [1.165, 1.54) is 0 Å². The molecule has 82 valence electrons. The van der Waals surface area contributed by atoms with Gasteiger partial charge in [0.05, 0.1) is 7.11 Å². The summed E-state index contributed by atoms with van der Waals surface area (Å²) in [6.45, 7) is 1.81. The normalized spacial score (nSPS) is 10.1. The highest BCUT2D eigenvalue weighted by Gasteiger charge is 2.09. The summed E-state index contributed by atoms with van der Waals surface area (Å²) < 4.78 is 5.27. The lowest BCUT2D eigenvalue weighted by atomic mass is 10.1. The zero-order valence-electron chi connectivity index (χ0n) is 9.27. The highest BCUT2D eigenvalue weighted by molar-refractivity contribution is 5.77. The van der Waals surface area contributed by atoms with Gasteiger partial charge in [-0.15, -0.1) is 0 Å². The first-order valence-corrected chi connectivity index (χ1v) is 4.95. The topological polar surface area (TPSA) is 61.0 Å². The molecule has 0 saturated heterocycles. The van der Waals surface area contributed by atoms with E-state index in [9.17, 15) is 0 Å². The fraction of sp³-hybridized carbons (Fsp3) is 0.167. The molecule has 0 radical (unpaired) electrons. The van der Waals surface area contributed by atoms with Crippen LogP contribution in [-0.4, -0.2) is 17.1 Å². The van der Waals surface area contributed by atoms with E-state index in [-0.39, 0.29) is 0 Å². The van der Waals surface area contributed by atoms with Crippen LogP contribution in [0.1, 0.15) is 5.82 Å². The van der Waals surface area contributed by atoms with E-state index in [2.05, 4.69) is 9.97 Å². The first-order chi connectivity index (χ1) is 7.72. The van der Waals surface area contributed by atoms with Crippen LogP contribution in [0.4, 0.5) is 5.82 Å². The van der Waals surface area contributed by atoms with Crippen LogP contribution in [0.25, 0.3) is 11.1 Å². The summed E-state index contributed by atoms with van der Waals surface area (Å²) in [5, 5.41) is 0. The van der Waals surface area contributed by atoms with Gasteiger partial charge < -0.3 is 10.5 Å². The van der Waals surface area contributed by atoms with Crippen LogP contribution < -0.4 is 10.5 Å². The van der Waals surface area contributed by atoms with Gasteiger partial charge in [0.2, 0.25) is 0 Å². The Balaban J connectivity index is 2.58. The molecular weight excluding hydrogens is 202 g/mol. The van der Waals surface area contributed by atoms with Gasteiger partial charge in [-0.2, -0.15) is 0 Å². The van der Waals surface area contributed by atoms with Crippen LogP contribution in [0.5, 0.6) is 5.75 Å². The fourth-order valence-electron chi connectivity index (χ4n) is 1.56. The quantitative estimate of drug-likeness (QED) is 0.832. The Morgan fingerprint density at radius 3 is 2.62 bits per heavy atom. The molecule has 4 heteroatoms. The average Bonchev–Trinajstić information content (AvgIpc) is 2.29. The van der Waals surface area contributed by atoms with Gasteiger partial charge in [0, 0.05) is 17.3 Å². The number of ether oxygens (including phenoxy) is 1. The smallest absolute Gasteiger partial charge is 0.135 e. The van der Waals surface area contributed by atoms with Crippen LogP contribution in [0.15, 0.2) is 30.5 Å². The zero-order chi connectivity index (χ0) is 11.5. The number of nitrogen functional groups attached to an aromatic ring is 1. The van der Waals surface area contributed by atoms with E-state index in [0.29, 0.717) is 11.6 Å². The van der Waals surface area contributed by atoms with Crippen molar-refractivity contribution in [3.8, 4) is 16.9 Å². The predicted octanol–water partition coefficient (Wildman–Crippen LogP) is 2.04. The SMILES string of the molecule is COc1ccccc1-c1cnc(C)nc1N. The van der Waals surface area contributed by atoms with E-state index in [4.69, 9.17) is 10.5 Å². The van der Waals surface area contributed by atoms with Gasteiger partial charge in [0.25, 0.3) is 0 Å². The Labute approximate surface area is 94.1 Å². The molecule has 2 rings (SSSR count). The molecule has 0 saturated carbocycles. The van der Waals surface area contributed by atoms with Gasteiger partial charge in [-0.05, 0) is 13.0 Å². The van der Waals surface area contributed by atoms with E-state index in [1.807, 2.05) is 31.2 Å². The van der Waals surface area contributed by atoms with Gasteiger partial charge in [-0.25, -0.2) is 9.97 Å². The van der Waals surface area contributed by atoms with Crippen molar-refractivity contribution in [3.05, 3.63) is 36.3 Å². The Morgan fingerprint density at radius 1 is 1.19 bits per heavy atom. The van der Waals surface area contributed by atoms with Crippen LogP contribution >= 0.6 is 0 Å². The number of hydrogen-bond donors (Lipinski definition) is 1. The summed E-state index contributed by atoms with van der Waals surface area (Å²) in [6.07, 6.45) is 1.72. The third-order valence-corrected chi connectivity index (χ3v) is 2.34. The van der Waals surface area contributed by atoms with Crippen molar-refractivity contribution in [3.63, 3.8) is 0 Å². The summed E-state index contributed by atoms with van der Waals surface area (Å²) in [4.78, 5) is 8.28. The van der Waals surface area contributed by atoms with E-state index >= 15 is 0 Å². The van der Waals surface area contributed by atoms with Crippen LogP contribution in [0.2, 0.25) is 0 Å². The Hall–Kier alpha value is -2.10. The first-order valence-electron chi connectivity index (χ1n) is 4.95. The molecule has 0 atom stereocenters. The van der Waals surface area contributed by atoms with Crippen molar-refractivity contribution in [2.45, 2.75) is 6.92 Å². The van der Waals surface area contributed by atoms with E-state index < -0.39 is 0 Å². The minimum absolute atomic E-state index is 0.469. The Bertz CT molecular complexity index is 511. The zero-order valence-corrected chi connectivity index (χ0v) is 9.27. The summed E-state index contributed by atoms with van der Waals surface area (Å²) in [7, 11) is 1.63. The first kappa shape index (κ1) is 10.4. The summed E-state index contributed by atoms with van der Waals surface area (Å²) in [5.74, 6) is 1.90. The second-order valence-corrected chi connectivity index (χ2v) is 3.42. The molecular formula is C12H13N3O. The number of aromatic nitrogens is 2. The molecule has 0 fully saturated rings. The summed E-state index contributed by atoms with van der Waals surface area (Å²) in [6, 6.07) is 7.66. The van der Waals surface area contributed by atoms with Crippen molar-refractivity contribution in [1.29, 1.82) is 0 Å². The van der Waals surface area contributed by atoms with Crippen molar-refractivity contribution in [2.75, 3.05) is 12.8 Å². The number of aryl methyl sites for hydroxylation is 1. The minimum Gasteiger partial charge on any atom is -0.496 e. The number of rotatable bonds is 2. The third-order valence-electron chi connectivity index (χ3n) is 2.34. The Morgan fingerprint density at radius 2 is 1.94 bits per heavy atom. The van der Waals surface area contributed by atoms with Gasteiger partial charge in [0.1, 0.15) is 17.4 Å². The monoisotopic (exact) mass is 215 g/mol. The molecule has 2 N–H and O–H groups in total. The number of anilines is 1. The lowest BCUT2D eigenvalue weighted by Crippen LogP contribution is -1.99. The maximum atomic E-state index is 5.87. The molecule has 1 aromatic carbocycles. The van der Waals surface area contributed by atoms with Gasteiger partial charge in [-0.1, -0.05) is 18.2 Å². The molecule has 1 heterocycles. The summed E-state index contributed by atoms with van der Waals surface area (Å²) in [5.41, 5.74) is 7.57. The van der Waals surface area contributed by atoms with Crippen LogP contribution in [-0.2, 0) is 0 Å². The molecule has 0 aliphatic heterocycles. The molecule has 0 aliphatic rings. The number of hydrogen-bond acceptors (Lipinski definition) is 4. The molecule has 2 aromatic rings. The fourth-order valence-corrected chi connectivity index (χ4v) is 1.56. The van der Waals surface area contributed by atoms with Crippen LogP contribution in [0, 0.1) is 6.92 Å². The Kier molecular flexibility index (Phi) is 2.72.